The Kier molecular flexibility index (Phi) is 5.38. The maximum atomic E-state index is 6.36. The van der Waals surface area contributed by atoms with Gasteiger partial charge in [-0.3, -0.25) is 0 Å². The van der Waals surface area contributed by atoms with Gasteiger partial charge in [0.15, 0.2) is 0 Å². The second-order valence-corrected chi connectivity index (χ2v) is 8.57. The van der Waals surface area contributed by atoms with Crippen LogP contribution >= 0.6 is 62.7 Å². The maximum absolute atomic E-state index is 6.36. The van der Waals surface area contributed by atoms with Crippen LogP contribution in [0.4, 0.5) is 0 Å². The zero-order valence-corrected chi connectivity index (χ0v) is 15.6. The minimum absolute atomic E-state index is 0.276. The molecule has 1 fully saturated rings. The summed E-state index contributed by atoms with van der Waals surface area (Å²) in [6.07, 6.45) is 0. The van der Waals surface area contributed by atoms with E-state index >= 15 is 0 Å². The Morgan fingerprint density at radius 1 is 1.05 bits per heavy atom. The monoisotopic (exact) mass is 420 g/mol. The van der Waals surface area contributed by atoms with Crippen LogP contribution in [0.2, 0.25) is 10.3 Å². The highest BCUT2D eigenvalue weighted by atomic mass is 79.9. The first-order chi connectivity index (χ1) is 10.1. The van der Waals surface area contributed by atoms with Gasteiger partial charge in [0.05, 0.1) is 10.8 Å². The number of nitrogens with zero attached hydrogens (tertiary/aromatic N) is 2. The lowest BCUT2D eigenvalue weighted by atomic mass is 10.1. The summed E-state index contributed by atoms with van der Waals surface area (Å²) in [5.74, 6) is 4.04. The summed E-state index contributed by atoms with van der Waals surface area (Å²) in [7, 11) is 0. The molecule has 2 nitrogen and oxygen atoms in total. The van der Waals surface area contributed by atoms with E-state index in [0.717, 1.165) is 27.4 Å². The molecule has 0 N–H and O–H groups in total. The highest BCUT2D eigenvalue weighted by molar-refractivity contribution is 9.10. The molecule has 1 atom stereocenters. The number of hydrogen-bond acceptors (Lipinski definition) is 4. The zero-order valence-electron chi connectivity index (χ0n) is 10.9. The first-order valence-corrected chi connectivity index (χ1v) is 10.1. The normalized spacial score (nSPS) is 18.7. The van der Waals surface area contributed by atoms with Crippen molar-refractivity contribution >= 4 is 62.7 Å². The molecule has 0 saturated carbocycles. The Morgan fingerprint density at radius 3 is 2.29 bits per heavy atom. The van der Waals surface area contributed by atoms with Gasteiger partial charge < -0.3 is 0 Å². The topological polar surface area (TPSA) is 25.8 Å². The number of halogens is 3. The van der Waals surface area contributed by atoms with Gasteiger partial charge in [0.2, 0.25) is 0 Å². The van der Waals surface area contributed by atoms with Crippen LogP contribution in [0.1, 0.15) is 11.1 Å². The molecular weight excluding hydrogens is 411 g/mol. The predicted molar refractivity (Wildman–Crippen MR) is 97.7 cm³/mol. The number of benzene rings is 1. The van der Waals surface area contributed by atoms with Gasteiger partial charge in [-0.25, -0.2) is 9.97 Å². The average molecular weight is 422 g/mol. The number of hydrogen-bond donors (Lipinski definition) is 0. The van der Waals surface area contributed by atoms with Gasteiger partial charge in [0.1, 0.15) is 16.1 Å². The fourth-order valence-electron chi connectivity index (χ4n) is 2.06. The third kappa shape index (κ3) is 3.70. The molecule has 1 aromatic carbocycles. The molecule has 2 heterocycles. The second-order valence-electron chi connectivity index (χ2n) is 4.48. The molecule has 7 heteroatoms. The van der Waals surface area contributed by atoms with Crippen molar-refractivity contribution < 1.29 is 0 Å². The van der Waals surface area contributed by atoms with Crippen molar-refractivity contribution in [2.75, 3.05) is 17.3 Å². The molecule has 0 radical (unpaired) electrons. The molecule has 1 aliphatic heterocycles. The Bertz CT molecular complexity index is 623. The van der Waals surface area contributed by atoms with Crippen LogP contribution in [-0.2, 0) is 0 Å². The van der Waals surface area contributed by atoms with E-state index in [9.17, 15) is 0 Å². The summed E-state index contributed by atoms with van der Waals surface area (Å²) in [6, 6.07) is 7.80. The molecule has 21 heavy (non-hydrogen) atoms. The van der Waals surface area contributed by atoms with Gasteiger partial charge in [-0.15, -0.1) is 11.8 Å². The molecule has 0 aliphatic carbocycles. The predicted octanol–water partition coefficient (Wildman–Crippen LogP) is 5.73. The van der Waals surface area contributed by atoms with E-state index in [1.807, 2.05) is 47.8 Å². The van der Waals surface area contributed by atoms with Crippen molar-refractivity contribution in [3.05, 3.63) is 44.9 Å². The van der Waals surface area contributed by atoms with Crippen LogP contribution in [0.5, 0.6) is 0 Å². The third-order valence-corrected chi connectivity index (χ3v) is 6.90. The molecule has 0 bridgehead atoms. The van der Waals surface area contributed by atoms with Gasteiger partial charge in [-0.1, -0.05) is 51.3 Å². The molecule has 0 amide bonds. The minimum Gasteiger partial charge on any atom is -0.219 e. The Labute approximate surface area is 150 Å². The molecule has 2 aromatic rings. The van der Waals surface area contributed by atoms with Crippen LogP contribution in [0.3, 0.4) is 0 Å². The molecule has 110 valence electrons. The first-order valence-electron chi connectivity index (χ1n) is 6.33. The van der Waals surface area contributed by atoms with Crippen molar-refractivity contribution in [2.45, 2.75) is 5.25 Å². The van der Waals surface area contributed by atoms with Crippen LogP contribution in [0.15, 0.2) is 28.7 Å². The highest BCUT2D eigenvalue weighted by Crippen LogP contribution is 2.39. The quantitative estimate of drug-likeness (QED) is 0.577. The Morgan fingerprint density at radius 2 is 1.71 bits per heavy atom. The average Bonchev–Trinajstić information content (AvgIpc) is 2.49. The van der Waals surface area contributed by atoms with Crippen LogP contribution < -0.4 is 0 Å². The summed E-state index contributed by atoms with van der Waals surface area (Å²) in [5, 5.41) is 1.12. The second kappa shape index (κ2) is 7.09. The van der Waals surface area contributed by atoms with Crippen LogP contribution in [0.25, 0.3) is 11.1 Å². The summed E-state index contributed by atoms with van der Waals surface area (Å²) in [4.78, 5) is 8.96. The molecule has 1 unspecified atom stereocenters. The number of thioether (sulfide) groups is 2. The molecular formula is C14H11BrCl2N2S2. The van der Waals surface area contributed by atoms with Crippen molar-refractivity contribution in [3.63, 3.8) is 0 Å². The molecule has 1 aromatic heterocycles. The number of aromatic nitrogens is 2. The Balaban J connectivity index is 1.97. The van der Waals surface area contributed by atoms with E-state index < -0.39 is 0 Å². The van der Waals surface area contributed by atoms with E-state index in [2.05, 4.69) is 25.9 Å². The van der Waals surface area contributed by atoms with Crippen molar-refractivity contribution in [3.8, 4) is 11.1 Å². The smallest absolute Gasteiger partial charge is 0.145 e. The lowest BCUT2D eigenvalue weighted by Gasteiger charge is -2.20. The SMILES string of the molecule is Clc1nc(C2CSCCS2)nc(Cl)c1-c1ccc(Br)cc1. The molecule has 3 rings (SSSR count). The van der Waals surface area contributed by atoms with Gasteiger partial charge in [0.25, 0.3) is 0 Å². The van der Waals surface area contributed by atoms with E-state index in [0.29, 0.717) is 15.9 Å². The molecule has 0 spiro atoms. The van der Waals surface area contributed by atoms with E-state index in [1.54, 1.807) is 0 Å². The van der Waals surface area contributed by atoms with E-state index in [4.69, 9.17) is 23.2 Å². The maximum Gasteiger partial charge on any atom is 0.145 e. The van der Waals surface area contributed by atoms with Crippen LogP contribution in [0, 0.1) is 0 Å². The van der Waals surface area contributed by atoms with Crippen molar-refractivity contribution in [2.24, 2.45) is 0 Å². The molecule has 1 saturated heterocycles. The van der Waals surface area contributed by atoms with E-state index in [-0.39, 0.29) is 5.25 Å². The minimum atomic E-state index is 0.276. The third-order valence-electron chi connectivity index (χ3n) is 3.07. The number of rotatable bonds is 2. The summed E-state index contributed by atoms with van der Waals surface area (Å²) >= 11 is 19.9. The summed E-state index contributed by atoms with van der Waals surface area (Å²) in [5.41, 5.74) is 1.62. The molecule has 1 aliphatic rings. The fraction of sp³-hybridized carbons (Fsp3) is 0.286. The lowest BCUT2D eigenvalue weighted by Crippen LogP contribution is -2.11. The lowest BCUT2D eigenvalue weighted by molar-refractivity contribution is 0.925. The Hall–Kier alpha value is 0.0600. The first kappa shape index (κ1) is 15.9. The fourth-order valence-corrected chi connectivity index (χ4v) is 5.54. The highest BCUT2D eigenvalue weighted by Gasteiger charge is 2.22. The van der Waals surface area contributed by atoms with Gasteiger partial charge in [0, 0.05) is 21.7 Å². The van der Waals surface area contributed by atoms with Crippen LogP contribution in [-0.4, -0.2) is 27.2 Å². The largest absolute Gasteiger partial charge is 0.219 e. The van der Waals surface area contributed by atoms with Gasteiger partial charge in [-0.2, -0.15) is 11.8 Å². The van der Waals surface area contributed by atoms with E-state index in [1.165, 1.54) is 5.75 Å². The summed E-state index contributed by atoms with van der Waals surface area (Å²) in [6.45, 7) is 0. The van der Waals surface area contributed by atoms with Gasteiger partial charge >= 0.3 is 0 Å². The van der Waals surface area contributed by atoms with Crippen molar-refractivity contribution in [1.29, 1.82) is 0 Å². The van der Waals surface area contributed by atoms with Gasteiger partial charge in [-0.05, 0) is 17.7 Å². The van der Waals surface area contributed by atoms with Crippen molar-refractivity contribution in [1.82, 2.24) is 9.97 Å². The zero-order chi connectivity index (χ0) is 14.8. The standard InChI is InChI=1S/C14H11BrCl2N2S2/c15-9-3-1-8(2-4-9)11-12(16)18-14(19-13(11)17)10-7-20-5-6-21-10/h1-4,10H,5-7H2. The summed E-state index contributed by atoms with van der Waals surface area (Å²) < 4.78 is 1.01.